The second kappa shape index (κ2) is 4.13. The Hall–Kier alpha value is -1.83. The molecule has 76 valence electrons. The molecular formula is C13H12O2. The highest BCUT2D eigenvalue weighted by atomic mass is 16.3. The third kappa shape index (κ3) is 2.15. The van der Waals surface area contributed by atoms with E-state index in [1.807, 2.05) is 37.3 Å². The summed E-state index contributed by atoms with van der Waals surface area (Å²) < 4.78 is 5.53. The Kier molecular flexibility index (Phi) is 2.68. The highest BCUT2D eigenvalue weighted by Crippen LogP contribution is 2.22. The highest BCUT2D eigenvalue weighted by molar-refractivity contribution is 5.60. The maximum atomic E-state index is 10.3. The zero-order chi connectivity index (χ0) is 10.7. The fraction of sp³-hybridized carbons (Fsp3) is 0.154. The molecule has 0 fully saturated rings. The summed E-state index contributed by atoms with van der Waals surface area (Å²) in [5, 5.41) is 0. The van der Waals surface area contributed by atoms with E-state index in [-0.39, 0.29) is 0 Å². The third-order valence-corrected chi connectivity index (χ3v) is 2.25. The summed E-state index contributed by atoms with van der Waals surface area (Å²) in [6, 6.07) is 11.8. The average Bonchev–Trinajstić information content (AvgIpc) is 2.67. The Morgan fingerprint density at radius 3 is 2.87 bits per heavy atom. The molecule has 0 spiro atoms. The van der Waals surface area contributed by atoms with E-state index in [1.165, 1.54) is 5.56 Å². The predicted octanol–water partition coefficient (Wildman–Crippen LogP) is 3.00. The first-order valence-corrected chi connectivity index (χ1v) is 4.89. The molecule has 1 aromatic heterocycles. The summed E-state index contributed by atoms with van der Waals surface area (Å²) in [5.41, 5.74) is 2.24. The first-order valence-electron chi connectivity index (χ1n) is 4.89. The van der Waals surface area contributed by atoms with Crippen LogP contribution in [0, 0.1) is 6.92 Å². The number of rotatable bonds is 3. The fourth-order valence-corrected chi connectivity index (χ4v) is 1.52. The van der Waals surface area contributed by atoms with Crippen molar-refractivity contribution in [1.82, 2.24) is 0 Å². The van der Waals surface area contributed by atoms with E-state index in [0.717, 1.165) is 17.6 Å². The van der Waals surface area contributed by atoms with Crippen LogP contribution in [0.5, 0.6) is 0 Å². The van der Waals surface area contributed by atoms with E-state index in [4.69, 9.17) is 4.42 Å². The van der Waals surface area contributed by atoms with Gasteiger partial charge in [0.25, 0.3) is 0 Å². The van der Waals surface area contributed by atoms with Gasteiger partial charge < -0.3 is 9.21 Å². The minimum atomic E-state index is 0.339. The standard InChI is InChI=1S/C13H12O2/c1-10-3-2-4-11(9-10)13-6-5-12(15-13)7-8-14/h2-6,8-9H,7H2,1H3. The lowest BCUT2D eigenvalue weighted by molar-refractivity contribution is -0.107. The van der Waals surface area contributed by atoms with Crippen LogP contribution < -0.4 is 0 Å². The van der Waals surface area contributed by atoms with Crippen LogP contribution in [-0.4, -0.2) is 6.29 Å². The summed E-state index contributed by atoms with van der Waals surface area (Å²) in [6.07, 6.45) is 1.19. The molecule has 0 amide bonds. The molecule has 2 aromatic rings. The SMILES string of the molecule is Cc1cccc(-c2ccc(CC=O)o2)c1. The van der Waals surface area contributed by atoms with E-state index in [0.29, 0.717) is 12.2 Å². The van der Waals surface area contributed by atoms with Crippen molar-refractivity contribution in [3.05, 3.63) is 47.7 Å². The van der Waals surface area contributed by atoms with Gasteiger partial charge in [-0.05, 0) is 25.1 Å². The molecule has 0 aliphatic rings. The van der Waals surface area contributed by atoms with Crippen LogP contribution in [0.25, 0.3) is 11.3 Å². The maximum absolute atomic E-state index is 10.3. The van der Waals surface area contributed by atoms with Gasteiger partial charge in [-0.3, -0.25) is 0 Å². The van der Waals surface area contributed by atoms with Gasteiger partial charge in [0.05, 0.1) is 6.42 Å². The quantitative estimate of drug-likeness (QED) is 0.713. The first-order chi connectivity index (χ1) is 7.29. The lowest BCUT2D eigenvalue weighted by Crippen LogP contribution is -1.80. The van der Waals surface area contributed by atoms with Gasteiger partial charge in [-0.1, -0.05) is 23.8 Å². The smallest absolute Gasteiger partial charge is 0.134 e. The van der Waals surface area contributed by atoms with Crippen LogP contribution in [-0.2, 0) is 11.2 Å². The summed E-state index contributed by atoms with van der Waals surface area (Å²) in [4.78, 5) is 10.3. The number of aryl methyl sites for hydroxylation is 1. The Balaban J connectivity index is 2.32. The van der Waals surface area contributed by atoms with Gasteiger partial charge in [-0.25, -0.2) is 0 Å². The number of hydrogen-bond acceptors (Lipinski definition) is 2. The van der Waals surface area contributed by atoms with E-state index < -0.39 is 0 Å². The molecule has 2 rings (SSSR count). The van der Waals surface area contributed by atoms with Crippen molar-refractivity contribution in [2.45, 2.75) is 13.3 Å². The molecule has 0 saturated carbocycles. The lowest BCUT2D eigenvalue weighted by Gasteiger charge is -1.98. The zero-order valence-electron chi connectivity index (χ0n) is 8.57. The van der Waals surface area contributed by atoms with Crippen molar-refractivity contribution in [3.63, 3.8) is 0 Å². The molecule has 0 radical (unpaired) electrons. The predicted molar refractivity (Wildman–Crippen MR) is 58.6 cm³/mol. The molecular weight excluding hydrogens is 188 g/mol. The van der Waals surface area contributed by atoms with Crippen LogP contribution in [0.15, 0.2) is 40.8 Å². The molecule has 2 heteroatoms. The van der Waals surface area contributed by atoms with Gasteiger partial charge in [0, 0.05) is 5.56 Å². The van der Waals surface area contributed by atoms with Gasteiger partial charge in [-0.2, -0.15) is 0 Å². The second-order valence-electron chi connectivity index (χ2n) is 3.51. The van der Waals surface area contributed by atoms with Crippen molar-refractivity contribution in [3.8, 4) is 11.3 Å². The average molecular weight is 200 g/mol. The van der Waals surface area contributed by atoms with Gasteiger partial charge in [0.2, 0.25) is 0 Å². The van der Waals surface area contributed by atoms with Crippen molar-refractivity contribution in [1.29, 1.82) is 0 Å². The molecule has 0 atom stereocenters. The molecule has 0 aliphatic carbocycles. The van der Waals surface area contributed by atoms with Crippen LogP contribution >= 0.6 is 0 Å². The van der Waals surface area contributed by atoms with Crippen LogP contribution in [0.1, 0.15) is 11.3 Å². The topological polar surface area (TPSA) is 30.2 Å². The maximum Gasteiger partial charge on any atom is 0.134 e. The third-order valence-electron chi connectivity index (χ3n) is 2.25. The monoisotopic (exact) mass is 200 g/mol. The summed E-state index contributed by atoms with van der Waals surface area (Å²) in [5.74, 6) is 1.53. The molecule has 0 saturated heterocycles. The normalized spacial score (nSPS) is 10.2. The molecule has 0 bridgehead atoms. The summed E-state index contributed by atoms with van der Waals surface area (Å²) in [6.45, 7) is 2.04. The molecule has 0 unspecified atom stereocenters. The fourth-order valence-electron chi connectivity index (χ4n) is 1.52. The zero-order valence-corrected chi connectivity index (χ0v) is 8.57. The molecule has 1 heterocycles. The summed E-state index contributed by atoms with van der Waals surface area (Å²) in [7, 11) is 0. The number of furan rings is 1. The Bertz CT molecular complexity index is 469. The molecule has 0 N–H and O–H groups in total. The number of hydrogen-bond donors (Lipinski definition) is 0. The first kappa shape index (κ1) is 9.71. The van der Waals surface area contributed by atoms with Crippen molar-refractivity contribution in [2.24, 2.45) is 0 Å². The Morgan fingerprint density at radius 2 is 2.13 bits per heavy atom. The van der Waals surface area contributed by atoms with Crippen LogP contribution in [0.2, 0.25) is 0 Å². The van der Waals surface area contributed by atoms with Gasteiger partial charge in [-0.15, -0.1) is 0 Å². The van der Waals surface area contributed by atoms with Crippen LogP contribution in [0.4, 0.5) is 0 Å². The Labute approximate surface area is 88.5 Å². The lowest BCUT2D eigenvalue weighted by atomic mass is 10.1. The van der Waals surface area contributed by atoms with Crippen LogP contribution in [0.3, 0.4) is 0 Å². The van der Waals surface area contributed by atoms with Crippen molar-refractivity contribution >= 4 is 6.29 Å². The van der Waals surface area contributed by atoms with E-state index >= 15 is 0 Å². The number of benzene rings is 1. The van der Waals surface area contributed by atoms with E-state index in [2.05, 4.69) is 6.07 Å². The number of carbonyl (C=O) groups excluding carboxylic acids is 1. The largest absolute Gasteiger partial charge is 0.461 e. The molecule has 0 aliphatic heterocycles. The number of carbonyl (C=O) groups is 1. The van der Waals surface area contributed by atoms with Crippen molar-refractivity contribution in [2.75, 3.05) is 0 Å². The van der Waals surface area contributed by atoms with Gasteiger partial charge >= 0.3 is 0 Å². The molecule has 1 aromatic carbocycles. The van der Waals surface area contributed by atoms with E-state index in [9.17, 15) is 4.79 Å². The minimum absolute atomic E-state index is 0.339. The van der Waals surface area contributed by atoms with E-state index in [1.54, 1.807) is 0 Å². The second-order valence-corrected chi connectivity index (χ2v) is 3.51. The van der Waals surface area contributed by atoms with Crippen molar-refractivity contribution < 1.29 is 9.21 Å². The van der Waals surface area contributed by atoms with Gasteiger partial charge in [0.1, 0.15) is 17.8 Å². The van der Waals surface area contributed by atoms with Gasteiger partial charge in [0.15, 0.2) is 0 Å². The molecule has 2 nitrogen and oxygen atoms in total. The minimum Gasteiger partial charge on any atom is -0.461 e. The molecule has 15 heavy (non-hydrogen) atoms. The number of aldehydes is 1. The Morgan fingerprint density at radius 1 is 1.27 bits per heavy atom. The summed E-state index contributed by atoms with van der Waals surface area (Å²) >= 11 is 0. The highest BCUT2D eigenvalue weighted by Gasteiger charge is 2.03.